The van der Waals surface area contributed by atoms with Crippen LogP contribution in [0.2, 0.25) is 0 Å². The first-order valence-electron chi connectivity index (χ1n) is 6.27. The van der Waals surface area contributed by atoms with Gasteiger partial charge < -0.3 is 15.2 Å². The van der Waals surface area contributed by atoms with E-state index in [1.54, 1.807) is 0 Å². The van der Waals surface area contributed by atoms with Crippen LogP contribution in [0.25, 0.3) is 0 Å². The van der Waals surface area contributed by atoms with Crippen molar-refractivity contribution in [3.8, 4) is 0 Å². The molecular formula is C13H17NO4S. The average molecular weight is 283 g/mol. The van der Waals surface area contributed by atoms with Gasteiger partial charge in [-0.05, 0) is 23.8 Å². The molecule has 104 valence electrons. The van der Waals surface area contributed by atoms with Crippen LogP contribution >= 0.6 is 11.3 Å². The number of amides is 1. The number of hydrogen-bond donors (Lipinski definition) is 2. The van der Waals surface area contributed by atoms with Gasteiger partial charge in [0.05, 0.1) is 12.5 Å². The van der Waals surface area contributed by atoms with Gasteiger partial charge in [-0.1, -0.05) is 6.07 Å². The number of carbonyl (C=O) groups excluding carboxylic acids is 1. The van der Waals surface area contributed by atoms with Crippen LogP contribution in [0.5, 0.6) is 0 Å². The zero-order chi connectivity index (χ0) is 13.7. The molecule has 19 heavy (non-hydrogen) atoms. The Morgan fingerprint density at radius 2 is 2.42 bits per heavy atom. The molecule has 1 aliphatic heterocycles. The number of carbonyl (C=O) groups is 2. The van der Waals surface area contributed by atoms with E-state index in [0.29, 0.717) is 19.6 Å². The van der Waals surface area contributed by atoms with Crippen LogP contribution in [-0.2, 0) is 14.3 Å². The summed E-state index contributed by atoms with van der Waals surface area (Å²) in [5.74, 6) is -0.758. The quantitative estimate of drug-likeness (QED) is 0.835. The highest BCUT2D eigenvalue weighted by atomic mass is 32.1. The first kappa shape index (κ1) is 14.0. The summed E-state index contributed by atoms with van der Waals surface area (Å²) in [6, 6.07) is 3.26. The highest BCUT2D eigenvalue weighted by Crippen LogP contribution is 2.23. The van der Waals surface area contributed by atoms with Crippen LogP contribution in [-0.4, -0.2) is 30.2 Å². The van der Waals surface area contributed by atoms with Crippen LogP contribution in [0.3, 0.4) is 0 Å². The molecule has 0 bridgehead atoms. The summed E-state index contributed by atoms with van der Waals surface area (Å²) in [5.41, 5.74) is 0. The largest absolute Gasteiger partial charge is 0.481 e. The van der Waals surface area contributed by atoms with E-state index in [4.69, 9.17) is 9.84 Å². The van der Waals surface area contributed by atoms with E-state index < -0.39 is 12.0 Å². The Morgan fingerprint density at radius 3 is 3.00 bits per heavy atom. The molecule has 0 radical (unpaired) electrons. The minimum absolute atomic E-state index is 0.0899. The molecule has 1 aliphatic rings. The molecule has 0 aromatic carbocycles. The van der Waals surface area contributed by atoms with Crippen molar-refractivity contribution in [2.75, 3.05) is 13.2 Å². The summed E-state index contributed by atoms with van der Waals surface area (Å²) in [7, 11) is 0. The van der Waals surface area contributed by atoms with Crippen molar-refractivity contribution in [2.45, 2.75) is 25.3 Å². The second kappa shape index (κ2) is 6.68. The molecule has 1 aromatic rings. The third kappa shape index (κ3) is 4.33. The number of ether oxygens (including phenoxy) is 1. The molecule has 2 atom stereocenters. The van der Waals surface area contributed by atoms with E-state index in [9.17, 15) is 9.59 Å². The second-order valence-electron chi connectivity index (χ2n) is 4.67. The number of nitrogens with one attached hydrogen (secondary N) is 1. The highest BCUT2D eigenvalue weighted by molar-refractivity contribution is 7.10. The van der Waals surface area contributed by atoms with Crippen molar-refractivity contribution in [2.24, 2.45) is 5.92 Å². The lowest BCUT2D eigenvalue weighted by Gasteiger charge is -2.16. The molecule has 1 saturated heterocycles. The smallest absolute Gasteiger partial charge is 0.305 e. The van der Waals surface area contributed by atoms with E-state index in [-0.39, 0.29) is 18.2 Å². The number of hydrogen-bond acceptors (Lipinski definition) is 4. The molecule has 1 amide bonds. The van der Waals surface area contributed by atoms with Crippen molar-refractivity contribution in [3.05, 3.63) is 22.4 Å². The van der Waals surface area contributed by atoms with Gasteiger partial charge in [-0.25, -0.2) is 0 Å². The van der Waals surface area contributed by atoms with Crippen LogP contribution in [0.4, 0.5) is 0 Å². The average Bonchev–Trinajstić information content (AvgIpc) is 2.99. The fourth-order valence-corrected chi connectivity index (χ4v) is 2.92. The van der Waals surface area contributed by atoms with Crippen molar-refractivity contribution in [1.82, 2.24) is 5.32 Å². The Morgan fingerprint density at radius 1 is 1.58 bits per heavy atom. The van der Waals surface area contributed by atoms with E-state index in [1.165, 1.54) is 11.3 Å². The number of carboxylic acids is 1. The summed E-state index contributed by atoms with van der Waals surface area (Å²) in [6.45, 7) is 1.33. The molecule has 2 heterocycles. The molecule has 0 aliphatic carbocycles. The summed E-state index contributed by atoms with van der Waals surface area (Å²) in [4.78, 5) is 23.7. The molecular weight excluding hydrogens is 266 g/mol. The number of rotatable bonds is 6. The molecule has 1 fully saturated rings. The summed E-state index contributed by atoms with van der Waals surface area (Å²) >= 11 is 1.45. The van der Waals surface area contributed by atoms with Gasteiger partial charge in [0, 0.05) is 24.5 Å². The van der Waals surface area contributed by atoms with E-state index in [1.807, 2.05) is 17.5 Å². The molecule has 0 saturated carbocycles. The van der Waals surface area contributed by atoms with Gasteiger partial charge in [0.25, 0.3) is 0 Å². The Kier molecular flexibility index (Phi) is 4.93. The van der Waals surface area contributed by atoms with Crippen molar-refractivity contribution in [1.29, 1.82) is 0 Å². The second-order valence-corrected chi connectivity index (χ2v) is 5.65. The zero-order valence-electron chi connectivity index (χ0n) is 10.5. The first-order chi connectivity index (χ1) is 9.15. The number of aliphatic carboxylic acids is 1. The predicted octanol–water partition coefficient (Wildman–Crippen LogP) is 1.81. The first-order valence-corrected chi connectivity index (χ1v) is 7.15. The molecule has 2 N–H and O–H groups in total. The van der Waals surface area contributed by atoms with Gasteiger partial charge in [0.1, 0.15) is 0 Å². The molecule has 1 aromatic heterocycles. The van der Waals surface area contributed by atoms with Crippen molar-refractivity contribution >= 4 is 23.2 Å². The van der Waals surface area contributed by atoms with Crippen LogP contribution in [0.15, 0.2) is 17.5 Å². The van der Waals surface area contributed by atoms with Gasteiger partial charge in [0.15, 0.2) is 0 Å². The van der Waals surface area contributed by atoms with Gasteiger partial charge in [-0.2, -0.15) is 0 Å². The molecule has 6 heteroatoms. The predicted molar refractivity (Wildman–Crippen MR) is 71.0 cm³/mol. The van der Waals surface area contributed by atoms with E-state index in [0.717, 1.165) is 11.3 Å². The lowest BCUT2D eigenvalue weighted by atomic mass is 10.0. The molecule has 0 spiro atoms. The third-order valence-electron chi connectivity index (χ3n) is 3.10. The summed E-state index contributed by atoms with van der Waals surface area (Å²) in [5, 5.41) is 13.6. The van der Waals surface area contributed by atoms with Gasteiger partial charge in [-0.3, -0.25) is 9.59 Å². The van der Waals surface area contributed by atoms with Crippen LogP contribution in [0.1, 0.15) is 30.2 Å². The molecule has 2 rings (SSSR count). The summed E-state index contributed by atoms with van der Waals surface area (Å²) in [6.07, 6.45) is 1.21. The molecule has 5 nitrogen and oxygen atoms in total. The van der Waals surface area contributed by atoms with Crippen LogP contribution < -0.4 is 5.32 Å². The van der Waals surface area contributed by atoms with Gasteiger partial charge in [-0.15, -0.1) is 11.3 Å². The Bertz CT molecular complexity index is 426. The maximum Gasteiger partial charge on any atom is 0.305 e. The minimum Gasteiger partial charge on any atom is -0.481 e. The lowest BCUT2D eigenvalue weighted by molar-refractivity contribution is -0.137. The highest BCUT2D eigenvalue weighted by Gasteiger charge is 2.23. The number of carboxylic acid groups (broad SMARTS) is 1. The minimum atomic E-state index is -0.914. The summed E-state index contributed by atoms with van der Waals surface area (Å²) < 4.78 is 5.23. The monoisotopic (exact) mass is 283 g/mol. The van der Waals surface area contributed by atoms with E-state index >= 15 is 0 Å². The maximum absolute atomic E-state index is 11.9. The van der Waals surface area contributed by atoms with Crippen molar-refractivity contribution < 1.29 is 19.4 Å². The Balaban J connectivity index is 1.91. The topological polar surface area (TPSA) is 75.6 Å². The fourth-order valence-electron chi connectivity index (χ4n) is 2.15. The lowest BCUT2D eigenvalue weighted by Crippen LogP contribution is -2.31. The standard InChI is InChI=1S/C13H17NO4S/c15-12(6-9-3-4-18-8-9)14-10(7-13(16)17)11-2-1-5-19-11/h1-2,5,9-10H,3-4,6-8H2,(H,14,15)(H,16,17). The van der Waals surface area contributed by atoms with Gasteiger partial charge in [0.2, 0.25) is 5.91 Å². The molecule has 2 unspecified atom stereocenters. The van der Waals surface area contributed by atoms with Crippen molar-refractivity contribution in [3.63, 3.8) is 0 Å². The number of thiophene rings is 1. The van der Waals surface area contributed by atoms with Crippen LogP contribution in [0, 0.1) is 5.92 Å². The third-order valence-corrected chi connectivity index (χ3v) is 4.08. The Hall–Kier alpha value is -1.40. The van der Waals surface area contributed by atoms with Gasteiger partial charge >= 0.3 is 5.97 Å². The maximum atomic E-state index is 11.9. The zero-order valence-corrected chi connectivity index (χ0v) is 11.3. The normalized spacial score (nSPS) is 20.1. The van der Waals surface area contributed by atoms with E-state index in [2.05, 4.69) is 5.32 Å². The fraction of sp³-hybridized carbons (Fsp3) is 0.538. The Labute approximate surface area is 115 Å². The SMILES string of the molecule is O=C(O)CC(NC(=O)CC1CCOC1)c1cccs1.